The van der Waals surface area contributed by atoms with Crippen LogP contribution in [0.25, 0.3) is 0 Å². The third-order valence-electron chi connectivity index (χ3n) is 2.77. The zero-order valence-corrected chi connectivity index (χ0v) is 9.29. The molecule has 0 amide bonds. The van der Waals surface area contributed by atoms with Crippen molar-refractivity contribution in [3.05, 3.63) is 29.8 Å². The fourth-order valence-corrected chi connectivity index (χ4v) is 1.82. The van der Waals surface area contributed by atoms with Gasteiger partial charge in [-0.25, -0.2) is 0 Å². The Morgan fingerprint density at radius 3 is 2.57 bits per heavy atom. The van der Waals surface area contributed by atoms with E-state index in [1.807, 2.05) is 12.1 Å². The van der Waals surface area contributed by atoms with Crippen molar-refractivity contribution < 1.29 is 0 Å². The summed E-state index contributed by atoms with van der Waals surface area (Å²) in [6.07, 6.45) is 5.18. The minimum Gasteiger partial charge on any atom is -0.398 e. The molecule has 1 rings (SSSR count). The Hall–Kier alpha value is -0.980. The lowest BCUT2D eigenvalue weighted by molar-refractivity contribution is 0.599. The van der Waals surface area contributed by atoms with Gasteiger partial charge in [-0.2, -0.15) is 0 Å². The van der Waals surface area contributed by atoms with Gasteiger partial charge < -0.3 is 5.73 Å². The summed E-state index contributed by atoms with van der Waals surface area (Å²) in [5, 5.41) is 0. The summed E-state index contributed by atoms with van der Waals surface area (Å²) >= 11 is 0. The van der Waals surface area contributed by atoms with E-state index in [-0.39, 0.29) is 0 Å². The lowest BCUT2D eigenvalue weighted by atomic mass is 9.94. The standard InChI is InChI=1S/C13H21N/c1-3-4-5-8-11(2)12-9-6-7-10-13(12)14/h6-7,9-11H,3-5,8,14H2,1-2H3. The van der Waals surface area contributed by atoms with E-state index in [1.54, 1.807) is 0 Å². The molecule has 0 saturated carbocycles. The van der Waals surface area contributed by atoms with Gasteiger partial charge in [0.2, 0.25) is 0 Å². The summed E-state index contributed by atoms with van der Waals surface area (Å²) in [6, 6.07) is 8.21. The van der Waals surface area contributed by atoms with Crippen molar-refractivity contribution >= 4 is 5.69 Å². The largest absolute Gasteiger partial charge is 0.398 e. The molecule has 1 heteroatoms. The van der Waals surface area contributed by atoms with Crippen molar-refractivity contribution in [3.63, 3.8) is 0 Å². The first-order valence-corrected chi connectivity index (χ1v) is 5.60. The molecule has 1 aromatic rings. The van der Waals surface area contributed by atoms with Gasteiger partial charge in [-0.05, 0) is 24.0 Å². The molecule has 1 nitrogen and oxygen atoms in total. The van der Waals surface area contributed by atoms with E-state index in [0.29, 0.717) is 5.92 Å². The number of hydrogen-bond donors (Lipinski definition) is 1. The van der Waals surface area contributed by atoms with Gasteiger partial charge in [0.25, 0.3) is 0 Å². The first kappa shape index (κ1) is 11.1. The lowest BCUT2D eigenvalue weighted by Gasteiger charge is -2.13. The molecule has 0 heterocycles. The van der Waals surface area contributed by atoms with Crippen molar-refractivity contribution in [2.45, 2.75) is 45.4 Å². The van der Waals surface area contributed by atoms with Crippen LogP contribution in [0.3, 0.4) is 0 Å². The highest BCUT2D eigenvalue weighted by Crippen LogP contribution is 2.26. The normalized spacial score (nSPS) is 12.7. The van der Waals surface area contributed by atoms with E-state index in [9.17, 15) is 0 Å². The van der Waals surface area contributed by atoms with Crippen LogP contribution in [0.4, 0.5) is 5.69 Å². The fraction of sp³-hybridized carbons (Fsp3) is 0.538. The van der Waals surface area contributed by atoms with Crippen molar-refractivity contribution in [3.8, 4) is 0 Å². The molecular formula is C13H21N. The second kappa shape index (κ2) is 5.69. The van der Waals surface area contributed by atoms with Crippen LogP contribution < -0.4 is 5.73 Å². The Balaban J connectivity index is 2.51. The van der Waals surface area contributed by atoms with Crippen LogP contribution in [0.15, 0.2) is 24.3 Å². The minimum atomic E-state index is 0.600. The average Bonchev–Trinajstić information content (AvgIpc) is 2.18. The van der Waals surface area contributed by atoms with Crippen LogP contribution in [0, 0.1) is 0 Å². The van der Waals surface area contributed by atoms with Crippen molar-refractivity contribution in [1.82, 2.24) is 0 Å². The first-order valence-electron chi connectivity index (χ1n) is 5.60. The number of unbranched alkanes of at least 4 members (excludes halogenated alkanes) is 2. The number of rotatable bonds is 5. The van der Waals surface area contributed by atoms with E-state index in [0.717, 1.165) is 5.69 Å². The van der Waals surface area contributed by atoms with Crippen molar-refractivity contribution in [2.24, 2.45) is 0 Å². The molecule has 1 unspecified atom stereocenters. The summed E-state index contributed by atoms with van der Waals surface area (Å²) in [5.74, 6) is 0.600. The average molecular weight is 191 g/mol. The van der Waals surface area contributed by atoms with E-state index in [1.165, 1.54) is 31.2 Å². The van der Waals surface area contributed by atoms with E-state index in [4.69, 9.17) is 5.73 Å². The third-order valence-corrected chi connectivity index (χ3v) is 2.77. The van der Waals surface area contributed by atoms with Gasteiger partial charge in [-0.15, -0.1) is 0 Å². The van der Waals surface area contributed by atoms with Crippen LogP contribution in [0.2, 0.25) is 0 Å². The minimum absolute atomic E-state index is 0.600. The van der Waals surface area contributed by atoms with Crippen LogP contribution in [-0.2, 0) is 0 Å². The molecule has 0 spiro atoms. The van der Waals surface area contributed by atoms with Crippen LogP contribution >= 0.6 is 0 Å². The highest BCUT2D eigenvalue weighted by Gasteiger charge is 2.07. The van der Waals surface area contributed by atoms with E-state index < -0.39 is 0 Å². The Kier molecular flexibility index (Phi) is 4.51. The van der Waals surface area contributed by atoms with Crippen LogP contribution in [0.1, 0.15) is 51.0 Å². The molecule has 0 aliphatic heterocycles. The summed E-state index contributed by atoms with van der Waals surface area (Å²) in [7, 11) is 0. The predicted molar refractivity (Wildman–Crippen MR) is 63.4 cm³/mol. The maximum Gasteiger partial charge on any atom is 0.0349 e. The molecular weight excluding hydrogens is 170 g/mol. The monoisotopic (exact) mass is 191 g/mol. The smallest absolute Gasteiger partial charge is 0.0349 e. The zero-order chi connectivity index (χ0) is 10.4. The summed E-state index contributed by atoms with van der Waals surface area (Å²) in [4.78, 5) is 0. The predicted octanol–water partition coefficient (Wildman–Crippen LogP) is 3.95. The molecule has 0 radical (unpaired) electrons. The van der Waals surface area contributed by atoms with Crippen molar-refractivity contribution in [1.29, 1.82) is 0 Å². The van der Waals surface area contributed by atoms with Gasteiger partial charge in [0, 0.05) is 5.69 Å². The molecule has 78 valence electrons. The summed E-state index contributed by atoms with van der Waals surface area (Å²) in [5.41, 5.74) is 8.18. The lowest BCUT2D eigenvalue weighted by Crippen LogP contribution is -1.99. The maximum atomic E-state index is 5.93. The Bertz CT molecular complexity index is 268. The first-order chi connectivity index (χ1) is 6.75. The summed E-state index contributed by atoms with van der Waals surface area (Å²) in [6.45, 7) is 4.50. The topological polar surface area (TPSA) is 26.0 Å². The third kappa shape index (κ3) is 3.06. The van der Waals surface area contributed by atoms with Gasteiger partial charge in [-0.1, -0.05) is 51.3 Å². The molecule has 0 aromatic heterocycles. The van der Waals surface area contributed by atoms with Gasteiger partial charge in [0.1, 0.15) is 0 Å². The Labute approximate surface area is 87.3 Å². The number of hydrogen-bond acceptors (Lipinski definition) is 1. The van der Waals surface area contributed by atoms with Gasteiger partial charge in [0.15, 0.2) is 0 Å². The number of nitrogen functional groups attached to an aromatic ring is 1. The number of nitrogens with two attached hydrogens (primary N) is 1. The van der Waals surface area contributed by atoms with Crippen molar-refractivity contribution in [2.75, 3.05) is 5.73 Å². The molecule has 0 bridgehead atoms. The molecule has 0 aliphatic carbocycles. The van der Waals surface area contributed by atoms with Gasteiger partial charge in [0.05, 0.1) is 0 Å². The van der Waals surface area contributed by atoms with E-state index >= 15 is 0 Å². The van der Waals surface area contributed by atoms with Gasteiger partial charge >= 0.3 is 0 Å². The second-order valence-electron chi connectivity index (χ2n) is 4.03. The fourth-order valence-electron chi connectivity index (χ4n) is 1.82. The van der Waals surface area contributed by atoms with Gasteiger partial charge in [-0.3, -0.25) is 0 Å². The Morgan fingerprint density at radius 2 is 1.93 bits per heavy atom. The van der Waals surface area contributed by atoms with E-state index in [2.05, 4.69) is 26.0 Å². The SMILES string of the molecule is CCCCCC(C)c1ccccc1N. The second-order valence-corrected chi connectivity index (χ2v) is 4.03. The molecule has 1 aromatic carbocycles. The molecule has 14 heavy (non-hydrogen) atoms. The van der Waals surface area contributed by atoms with Crippen LogP contribution in [-0.4, -0.2) is 0 Å². The number of benzene rings is 1. The molecule has 0 saturated heterocycles. The number of para-hydroxylation sites is 1. The summed E-state index contributed by atoms with van der Waals surface area (Å²) < 4.78 is 0. The highest BCUT2D eigenvalue weighted by molar-refractivity contribution is 5.48. The Morgan fingerprint density at radius 1 is 1.21 bits per heavy atom. The zero-order valence-electron chi connectivity index (χ0n) is 9.29. The maximum absolute atomic E-state index is 5.93. The van der Waals surface area contributed by atoms with Crippen LogP contribution in [0.5, 0.6) is 0 Å². The molecule has 0 aliphatic rings. The highest BCUT2D eigenvalue weighted by atomic mass is 14.6. The molecule has 2 N–H and O–H groups in total. The quantitative estimate of drug-likeness (QED) is 0.553. The molecule has 0 fully saturated rings. The number of anilines is 1. The molecule has 1 atom stereocenters.